The van der Waals surface area contributed by atoms with E-state index in [0.29, 0.717) is 5.54 Å². The summed E-state index contributed by atoms with van der Waals surface area (Å²) in [4.78, 5) is 2.50. The summed E-state index contributed by atoms with van der Waals surface area (Å²) < 4.78 is 0. The first kappa shape index (κ1) is 12.0. The van der Waals surface area contributed by atoms with Gasteiger partial charge < -0.3 is 10.2 Å². The van der Waals surface area contributed by atoms with Crippen LogP contribution in [0.5, 0.6) is 0 Å². The fourth-order valence-corrected chi connectivity index (χ4v) is 1.71. The predicted molar refractivity (Wildman–Crippen MR) is 62.6 cm³/mol. The molecule has 0 aromatic rings. The molecule has 0 aromatic heterocycles. The Hall–Kier alpha value is -0.0800. The first-order chi connectivity index (χ1) is 6.55. The highest BCUT2D eigenvalue weighted by atomic mass is 15.2. The zero-order chi connectivity index (χ0) is 10.6. The quantitative estimate of drug-likeness (QED) is 0.704. The van der Waals surface area contributed by atoms with Gasteiger partial charge in [-0.3, -0.25) is 0 Å². The van der Waals surface area contributed by atoms with Crippen molar-refractivity contribution < 1.29 is 0 Å². The molecule has 0 saturated heterocycles. The molecule has 0 amide bonds. The van der Waals surface area contributed by atoms with Gasteiger partial charge in [-0.1, -0.05) is 13.3 Å². The molecule has 0 aromatic carbocycles. The van der Waals surface area contributed by atoms with Crippen LogP contribution in [-0.2, 0) is 0 Å². The number of hydrogen-bond donors (Lipinski definition) is 1. The lowest BCUT2D eigenvalue weighted by Gasteiger charge is -2.35. The molecule has 1 aliphatic rings. The van der Waals surface area contributed by atoms with Gasteiger partial charge in [0.2, 0.25) is 0 Å². The van der Waals surface area contributed by atoms with Gasteiger partial charge in [0.05, 0.1) is 0 Å². The fourth-order valence-electron chi connectivity index (χ4n) is 1.71. The van der Waals surface area contributed by atoms with Gasteiger partial charge in [0.15, 0.2) is 0 Å². The van der Waals surface area contributed by atoms with Gasteiger partial charge in [0, 0.05) is 24.7 Å². The molecule has 0 aliphatic heterocycles. The molecule has 2 heteroatoms. The smallest absolute Gasteiger partial charge is 0.0123 e. The highest BCUT2D eigenvalue weighted by Crippen LogP contribution is 2.22. The van der Waals surface area contributed by atoms with Crippen molar-refractivity contribution in [2.45, 2.75) is 58.0 Å². The van der Waals surface area contributed by atoms with Crippen molar-refractivity contribution in [3.05, 3.63) is 0 Å². The van der Waals surface area contributed by atoms with E-state index < -0.39 is 0 Å². The molecule has 2 nitrogen and oxygen atoms in total. The summed E-state index contributed by atoms with van der Waals surface area (Å²) in [6, 6.07) is 0.876. The molecule has 1 N–H and O–H groups in total. The normalized spacial score (nSPS) is 18.6. The van der Waals surface area contributed by atoms with E-state index in [0.717, 1.165) is 12.6 Å². The number of likely N-dealkylation sites (N-methyl/N-ethyl adjacent to an activating group) is 1. The second-order valence-corrected chi connectivity index (χ2v) is 5.23. The van der Waals surface area contributed by atoms with Crippen LogP contribution in [0.15, 0.2) is 0 Å². The van der Waals surface area contributed by atoms with Gasteiger partial charge in [0.1, 0.15) is 0 Å². The number of hydrogen-bond acceptors (Lipinski definition) is 2. The van der Waals surface area contributed by atoms with Crippen LogP contribution >= 0.6 is 0 Å². The third-order valence-corrected chi connectivity index (χ3v) is 3.65. The third kappa shape index (κ3) is 3.58. The molecule has 14 heavy (non-hydrogen) atoms. The highest BCUT2D eigenvalue weighted by Gasteiger charge is 2.22. The van der Waals surface area contributed by atoms with Gasteiger partial charge in [-0.2, -0.15) is 0 Å². The van der Waals surface area contributed by atoms with E-state index in [4.69, 9.17) is 0 Å². The summed E-state index contributed by atoms with van der Waals surface area (Å²) in [6.45, 7) is 9.09. The molecule has 0 unspecified atom stereocenters. The fraction of sp³-hybridized carbons (Fsp3) is 1.00. The summed E-state index contributed by atoms with van der Waals surface area (Å²) in [7, 11) is 2.25. The van der Waals surface area contributed by atoms with Gasteiger partial charge >= 0.3 is 0 Å². The molecule has 0 bridgehead atoms. The average molecular weight is 198 g/mol. The number of rotatable bonds is 6. The molecule has 1 aliphatic carbocycles. The van der Waals surface area contributed by atoms with E-state index in [1.54, 1.807) is 0 Å². The maximum atomic E-state index is 3.60. The van der Waals surface area contributed by atoms with Crippen LogP contribution in [-0.4, -0.2) is 36.6 Å². The van der Waals surface area contributed by atoms with E-state index in [1.807, 2.05) is 0 Å². The first-order valence-corrected chi connectivity index (χ1v) is 6.00. The number of nitrogens with zero attached hydrogens (tertiary/aromatic N) is 1. The summed E-state index contributed by atoms with van der Waals surface area (Å²) >= 11 is 0. The number of nitrogens with one attached hydrogen (secondary N) is 1. The van der Waals surface area contributed by atoms with Crippen molar-refractivity contribution in [2.75, 3.05) is 20.1 Å². The van der Waals surface area contributed by atoms with Crippen molar-refractivity contribution in [2.24, 2.45) is 0 Å². The average Bonchev–Trinajstić information content (AvgIpc) is 2.01. The molecular formula is C12H26N2. The minimum Gasteiger partial charge on any atom is -0.311 e. The van der Waals surface area contributed by atoms with Crippen LogP contribution in [0.1, 0.15) is 46.5 Å². The largest absolute Gasteiger partial charge is 0.311 e. The Morgan fingerprint density at radius 3 is 2.43 bits per heavy atom. The van der Waals surface area contributed by atoms with Crippen molar-refractivity contribution >= 4 is 0 Å². The molecule has 0 radical (unpaired) electrons. The lowest BCUT2D eigenvalue weighted by atomic mass is 9.92. The van der Waals surface area contributed by atoms with Crippen LogP contribution in [0.3, 0.4) is 0 Å². The molecular weight excluding hydrogens is 172 g/mol. The minimum atomic E-state index is 0.306. The van der Waals surface area contributed by atoms with Crippen LogP contribution in [0, 0.1) is 0 Å². The molecule has 1 saturated carbocycles. The van der Waals surface area contributed by atoms with E-state index in [2.05, 4.69) is 38.0 Å². The van der Waals surface area contributed by atoms with Crippen molar-refractivity contribution in [1.82, 2.24) is 10.2 Å². The van der Waals surface area contributed by atoms with Crippen LogP contribution in [0.4, 0.5) is 0 Å². The molecule has 84 valence electrons. The second-order valence-electron chi connectivity index (χ2n) is 5.23. The topological polar surface area (TPSA) is 15.3 Å². The lowest BCUT2D eigenvalue weighted by molar-refractivity contribution is 0.156. The Labute approximate surface area is 89.1 Å². The van der Waals surface area contributed by atoms with E-state index in [-0.39, 0.29) is 0 Å². The summed E-state index contributed by atoms with van der Waals surface area (Å²) in [5.74, 6) is 0. The Bertz CT molecular complexity index is 162. The third-order valence-electron chi connectivity index (χ3n) is 3.65. The maximum Gasteiger partial charge on any atom is 0.0123 e. The molecule has 1 rings (SSSR count). The Kier molecular flexibility index (Phi) is 4.39. The van der Waals surface area contributed by atoms with Crippen LogP contribution in [0.2, 0.25) is 0 Å². The zero-order valence-electron chi connectivity index (χ0n) is 10.3. The summed E-state index contributed by atoms with van der Waals surface area (Å²) in [5.41, 5.74) is 0.306. The molecule has 0 spiro atoms. The Morgan fingerprint density at radius 1 is 1.36 bits per heavy atom. The van der Waals surface area contributed by atoms with E-state index in [1.165, 1.54) is 32.2 Å². The Balaban J connectivity index is 2.08. The summed E-state index contributed by atoms with van der Waals surface area (Å²) in [6.07, 6.45) is 5.45. The lowest BCUT2D eigenvalue weighted by Crippen LogP contribution is -2.45. The molecule has 0 atom stereocenters. The van der Waals surface area contributed by atoms with Crippen molar-refractivity contribution in [3.8, 4) is 0 Å². The van der Waals surface area contributed by atoms with Gasteiger partial charge in [-0.05, 0) is 40.2 Å². The minimum absolute atomic E-state index is 0.306. The van der Waals surface area contributed by atoms with Gasteiger partial charge in [0.25, 0.3) is 0 Å². The first-order valence-electron chi connectivity index (χ1n) is 6.00. The van der Waals surface area contributed by atoms with E-state index in [9.17, 15) is 0 Å². The zero-order valence-corrected chi connectivity index (χ0v) is 10.3. The molecule has 1 fully saturated rings. The second kappa shape index (κ2) is 5.13. The maximum absolute atomic E-state index is 3.60. The monoisotopic (exact) mass is 198 g/mol. The van der Waals surface area contributed by atoms with Gasteiger partial charge in [-0.25, -0.2) is 0 Å². The Morgan fingerprint density at radius 2 is 2.00 bits per heavy atom. The van der Waals surface area contributed by atoms with Gasteiger partial charge in [-0.15, -0.1) is 0 Å². The standard InChI is InChI=1S/C12H26N2/c1-5-12(2,3)13-9-10-14(4)11-7-6-8-11/h11,13H,5-10H2,1-4H3. The summed E-state index contributed by atoms with van der Waals surface area (Å²) in [5, 5.41) is 3.60. The predicted octanol–water partition coefficient (Wildman–Crippen LogP) is 2.25. The SMILES string of the molecule is CCC(C)(C)NCCN(C)C1CCC1. The van der Waals surface area contributed by atoms with E-state index >= 15 is 0 Å². The van der Waals surface area contributed by atoms with Crippen LogP contribution in [0.25, 0.3) is 0 Å². The van der Waals surface area contributed by atoms with Crippen molar-refractivity contribution in [1.29, 1.82) is 0 Å². The van der Waals surface area contributed by atoms with Crippen LogP contribution < -0.4 is 5.32 Å². The van der Waals surface area contributed by atoms with Crippen molar-refractivity contribution in [3.63, 3.8) is 0 Å². The highest BCUT2D eigenvalue weighted by molar-refractivity contribution is 4.80. The molecule has 0 heterocycles.